The summed E-state index contributed by atoms with van der Waals surface area (Å²) in [5, 5.41) is 10.4. The highest BCUT2D eigenvalue weighted by Gasteiger charge is 2.17. The Balaban J connectivity index is 2.05. The number of likely N-dealkylation sites (N-methyl/N-ethyl adjacent to an activating group) is 1. The smallest absolute Gasteiger partial charge is 0.411 e. The second-order valence-electron chi connectivity index (χ2n) is 6.03. The van der Waals surface area contributed by atoms with Gasteiger partial charge in [-0.25, -0.2) is 14.2 Å². The SMILES string of the molecule is CN(C)CCN(C(=O)O)c1cc(F)cc(-c2ccnc3[nH]ccc23)c1. The number of carbonyl (C=O) groups is 1. The summed E-state index contributed by atoms with van der Waals surface area (Å²) < 4.78 is 14.2. The fourth-order valence-electron chi connectivity index (χ4n) is 2.73. The number of carboxylic acid groups (broad SMARTS) is 1. The van der Waals surface area contributed by atoms with E-state index in [0.29, 0.717) is 23.4 Å². The fourth-order valence-corrected chi connectivity index (χ4v) is 2.73. The van der Waals surface area contributed by atoms with Gasteiger partial charge < -0.3 is 15.0 Å². The molecule has 3 rings (SSSR count). The monoisotopic (exact) mass is 342 g/mol. The number of benzene rings is 1. The molecule has 1 aromatic carbocycles. The Kier molecular flexibility index (Phi) is 4.67. The molecule has 0 bridgehead atoms. The maximum absolute atomic E-state index is 14.2. The first-order valence-corrected chi connectivity index (χ1v) is 7.84. The topological polar surface area (TPSA) is 72.5 Å². The summed E-state index contributed by atoms with van der Waals surface area (Å²) in [4.78, 5) is 21.9. The van der Waals surface area contributed by atoms with Crippen LogP contribution in [-0.4, -0.2) is 53.3 Å². The van der Waals surface area contributed by atoms with Gasteiger partial charge in [0.15, 0.2) is 0 Å². The van der Waals surface area contributed by atoms with Gasteiger partial charge in [0.1, 0.15) is 11.5 Å². The van der Waals surface area contributed by atoms with Gasteiger partial charge in [-0.1, -0.05) is 0 Å². The minimum Gasteiger partial charge on any atom is -0.465 e. The lowest BCUT2D eigenvalue weighted by Gasteiger charge is -2.22. The molecule has 0 radical (unpaired) electrons. The molecular weight excluding hydrogens is 323 g/mol. The number of fused-ring (bicyclic) bond motifs is 1. The lowest BCUT2D eigenvalue weighted by Crippen LogP contribution is -2.35. The van der Waals surface area contributed by atoms with Crippen LogP contribution in [0.15, 0.2) is 42.7 Å². The van der Waals surface area contributed by atoms with Crippen LogP contribution < -0.4 is 4.90 Å². The van der Waals surface area contributed by atoms with Gasteiger partial charge in [0.2, 0.25) is 0 Å². The zero-order valence-corrected chi connectivity index (χ0v) is 14.0. The van der Waals surface area contributed by atoms with Crippen LogP contribution in [0, 0.1) is 5.82 Å². The molecule has 1 amide bonds. The van der Waals surface area contributed by atoms with Gasteiger partial charge in [-0.15, -0.1) is 0 Å². The van der Waals surface area contributed by atoms with Crippen molar-refractivity contribution in [1.29, 1.82) is 0 Å². The van der Waals surface area contributed by atoms with Crippen LogP contribution >= 0.6 is 0 Å². The first kappa shape index (κ1) is 16.9. The van der Waals surface area contributed by atoms with Crippen LogP contribution in [0.25, 0.3) is 22.2 Å². The standard InChI is InChI=1S/C18H19FN4O2/c1-22(2)7-8-23(18(24)25)14-10-12(9-13(19)11-14)15-3-5-20-17-16(15)4-6-21-17/h3-6,9-11H,7-8H2,1-2H3,(H,20,21)(H,24,25). The predicted molar refractivity (Wildman–Crippen MR) is 95.4 cm³/mol. The molecule has 130 valence electrons. The van der Waals surface area contributed by atoms with Crippen molar-refractivity contribution in [2.45, 2.75) is 0 Å². The fraction of sp³-hybridized carbons (Fsp3) is 0.222. The molecule has 0 unspecified atom stereocenters. The molecule has 2 heterocycles. The highest BCUT2D eigenvalue weighted by Crippen LogP contribution is 2.31. The molecule has 0 aliphatic carbocycles. The van der Waals surface area contributed by atoms with Crippen LogP contribution in [0.2, 0.25) is 0 Å². The molecule has 0 aliphatic heterocycles. The van der Waals surface area contributed by atoms with Crippen molar-refractivity contribution in [3.05, 3.63) is 48.5 Å². The van der Waals surface area contributed by atoms with Gasteiger partial charge in [0.05, 0.1) is 5.69 Å². The van der Waals surface area contributed by atoms with Gasteiger partial charge in [-0.3, -0.25) is 4.90 Å². The van der Waals surface area contributed by atoms with E-state index in [1.165, 1.54) is 12.1 Å². The Hall–Kier alpha value is -2.93. The third kappa shape index (κ3) is 3.61. The minimum absolute atomic E-state index is 0.251. The summed E-state index contributed by atoms with van der Waals surface area (Å²) in [5.41, 5.74) is 2.42. The van der Waals surface area contributed by atoms with Gasteiger partial charge in [0, 0.05) is 30.9 Å². The molecule has 0 aliphatic rings. The van der Waals surface area contributed by atoms with E-state index in [2.05, 4.69) is 9.97 Å². The summed E-state index contributed by atoms with van der Waals surface area (Å²) in [6, 6.07) is 7.98. The number of H-pyrrole nitrogens is 1. The molecule has 6 nitrogen and oxygen atoms in total. The van der Waals surface area contributed by atoms with Crippen molar-refractivity contribution in [1.82, 2.24) is 14.9 Å². The summed E-state index contributed by atoms with van der Waals surface area (Å²) in [7, 11) is 3.72. The lowest BCUT2D eigenvalue weighted by molar-refractivity contribution is 0.201. The molecule has 2 N–H and O–H groups in total. The Morgan fingerprint density at radius 1 is 1.24 bits per heavy atom. The molecule has 2 aromatic heterocycles. The quantitative estimate of drug-likeness (QED) is 0.745. The Labute approximate surface area is 144 Å². The van der Waals surface area contributed by atoms with E-state index in [1.807, 2.05) is 25.1 Å². The van der Waals surface area contributed by atoms with Crippen LogP contribution in [0.4, 0.5) is 14.9 Å². The molecule has 0 spiro atoms. The number of halogens is 1. The minimum atomic E-state index is -1.11. The second kappa shape index (κ2) is 6.90. The van der Waals surface area contributed by atoms with Gasteiger partial charge in [0.25, 0.3) is 0 Å². The van der Waals surface area contributed by atoms with Crippen molar-refractivity contribution < 1.29 is 14.3 Å². The van der Waals surface area contributed by atoms with Crippen molar-refractivity contribution in [3.8, 4) is 11.1 Å². The number of amides is 1. The average Bonchev–Trinajstić information content (AvgIpc) is 3.02. The number of rotatable bonds is 5. The third-order valence-electron chi connectivity index (χ3n) is 3.97. The molecular formula is C18H19FN4O2. The number of anilines is 1. The number of aromatic amines is 1. The van der Waals surface area contributed by atoms with Crippen LogP contribution in [0.1, 0.15) is 0 Å². The third-order valence-corrected chi connectivity index (χ3v) is 3.97. The van der Waals surface area contributed by atoms with E-state index in [0.717, 1.165) is 15.8 Å². The van der Waals surface area contributed by atoms with Crippen molar-refractivity contribution in [2.24, 2.45) is 0 Å². The first-order valence-electron chi connectivity index (χ1n) is 7.84. The highest BCUT2D eigenvalue weighted by atomic mass is 19.1. The van der Waals surface area contributed by atoms with E-state index in [-0.39, 0.29) is 6.54 Å². The maximum atomic E-state index is 14.2. The number of pyridine rings is 1. The molecule has 3 aromatic rings. The Bertz CT molecular complexity index is 907. The Morgan fingerprint density at radius 2 is 2.04 bits per heavy atom. The number of nitrogens with one attached hydrogen (secondary N) is 1. The molecule has 0 saturated heterocycles. The second-order valence-corrected chi connectivity index (χ2v) is 6.03. The summed E-state index contributed by atoms with van der Waals surface area (Å²) in [5.74, 6) is -0.482. The van der Waals surface area contributed by atoms with Crippen LogP contribution in [0.3, 0.4) is 0 Å². The zero-order chi connectivity index (χ0) is 18.0. The van der Waals surface area contributed by atoms with Crippen molar-refractivity contribution in [2.75, 3.05) is 32.1 Å². The van der Waals surface area contributed by atoms with Crippen LogP contribution in [-0.2, 0) is 0 Å². The Morgan fingerprint density at radius 3 is 2.76 bits per heavy atom. The molecule has 0 saturated carbocycles. The predicted octanol–water partition coefficient (Wildman–Crippen LogP) is 3.42. The van der Waals surface area contributed by atoms with E-state index >= 15 is 0 Å². The number of hydrogen-bond donors (Lipinski definition) is 2. The lowest BCUT2D eigenvalue weighted by atomic mass is 10.0. The van der Waals surface area contributed by atoms with Gasteiger partial charge in [-0.05, 0) is 55.6 Å². The molecule has 0 atom stereocenters. The maximum Gasteiger partial charge on any atom is 0.411 e. The van der Waals surface area contributed by atoms with Gasteiger partial charge >= 0.3 is 6.09 Å². The highest BCUT2D eigenvalue weighted by molar-refractivity contribution is 5.94. The van der Waals surface area contributed by atoms with Crippen LogP contribution in [0.5, 0.6) is 0 Å². The van der Waals surface area contributed by atoms with E-state index in [9.17, 15) is 14.3 Å². The number of aromatic nitrogens is 2. The molecule has 7 heteroatoms. The molecule has 25 heavy (non-hydrogen) atoms. The summed E-state index contributed by atoms with van der Waals surface area (Å²) in [6.45, 7) is 0.788. The van der Waals surface area contributed by atoms with E-state index in [1.54, 1.807) is 24.5 Å². The van der Waals surface area contributed by atoms with E-state index in [4.69, 9.17) is 0 Å². The van der Waals surface area contributed by atoms with E-state index < -0.39 is 11.9 Å². The normalized spacial score (nSPS) is 11.2. The van der Waals surface area contributed by atoms with Crippen molar-refractivity contribution >= 4 is 22.8 Å². The summed E-state index contributed by atoms with van der Waals surface area (Å²) >= 11 is 0. The molecule has 0 fully saturated rings. The van der Waals surface area contributed by atoms with Gasteiger partial charge in [-0.2, -0.15) is 0 Å². The summed E-state index contributed by atoms with van der Waals surface area (Å²) in [6.07, 6.45) is 2.29. The average molecular weight is 342 g/mol. The van der Waals surface area contributed by atoms with Crippen molar-refractivity contribution in [3.63, 3.8) is 0 Å². The number of hydrogen-bond acceptors (Lipinski definition) is 3. The largest absolute Gasteiger partial charge is 0.465 e. The number of nitrogens with zero attached hydrogens (tertiary/aromatic N) is 3. The first-order chi connectivity index (χ1) is 12.0. The zero-order valence-electron chi connectivity index (χ0n) is 14.0.